The molecule has 6 nitrogen and oxygen atoms in total. The zero-order valence-corrected chi connectivity index (χ0v) is 14.5. The van der Waals surface area contributed by atoms with Crippen LogP contribution in [0.3, 0.4) is 0 Å². The second-order valence-corrected chi connectivity index (χ2v) is 6.91. The molecule has 128 valence electrons. The molecule has 3 heterocycles. The summed E-state index contributed by atoms with van der Waals surface area (Å²) < 4.78 is 2.74. The third kappa shape index (κ3) is 2.52. The van der Waals surface area contributed by atoms with Gasteiger partial charge in [-0.3, -0.25) is 13.9 Å². The molecule has 0 amide bonds. The van der Waals surface area contributed by atoms with E-state index in [1.54, 1.807) is 4.57 Å². The van der Waals surface area contributed by atoms with Crippen LogP contribution in [0.25, 0.3) is 21.1 Å². The number of hydrogen-bond acceptors (Lipinski definition) is 4. The number of nitrogens with zero attached hydrogens (tertiary/aromatic N) is 2. The van der Waals surface area contributed by atoms with Gasteiger partial charge in [-0.2, -0.15) is 0 Å². The summed E-state index contributed by atoms with van der Waals surface area (Å²) in [6, 6.07) is 7.97. The number of rotatable bonds is 4. The van der Waals surface area contributed by atoms with Crippen LogP contribution in [-0.2, 0) is 13.1 Å². The Morgan fingerprint density at radius 3 is 2.84 bits per heavy atom. The Labute approximate surface area is 146 Å². The summed E-state index contributed by atoms with van der Waals surface area (Å²) in [6.07, 6.45) is 1.88. The zero-order chi connectivity index (χ0) is 17.6. The molecule has 0 saturated heterocycles. The molecule has 0 atom stereocenters. The van der Waals surface area contributed by atoms with Gasteiger partial charge in [0, 0.05) is 11.7 Å². The van der Waals surface area contributed by atoms with Crippen molar-refractivity contribution in [3.05, 3.63) is 67.8 Å². The lowest BCUT2D eigenvalue weighted by atomic mass is 10.1. The number of benzene rings is 1. The first kappa shape index (κ1) is 15.9. The van der Waals surface area contributed by atoms with Gasteiger partial charge < -0.3 is 10.1 Å². The van der Waals surface area contributed by atoms with E-state index in [0.29, 0.717) is 16.8 Å². The lowest BCUT2D eigenvalue weighted by Crippen LogP contribution is -2.40. The monoisotopic (exact) mass is 355 g/mol. The van der Waals surface area contributed by atoms with Crippen molar-refractivity contribution in [2.24, 2.45) is 0 Å². The van der Waals surface area contributed by atoms with Crippen LogP contribution in [0.5, 0.6) is 0 Å². The Bertz CT molecular complexity index is 1200. The van der Waals surface area contributed by atoms with Crippen molar-refractivity contribution in [3.8, 4) is 0 Å². The summed E-state index contributed by atoms with van der Waals surface area (Å²) in [7, 11) is 0. The van der Waals surface area contributed by atoms with Crippen molar-refractivity contribution < 1.29 is 5.11 Å². The summed E-state index contributed by atoms with van der Waals surface area (Å²) in [4.78, 5) is 29.3. The molecule has 7 heteroatoms. The van der Waals surface area contributed by atoms with Gasteiger partial charge in [-0.1, -0.05) is 6.07 Å². The molecule has 0 bridgehead atoms. The molecule has 0 radical (unpaired) electrons. The Morgan fingerprint density at radius 2 is 2.04 bits per heavy atom. The molecule has 0 spiro atoms. The lowest BCUT2D eigenvalue weighted by molar-refractivity contribution is 0.270. The molecule has 1 aromatic carbocycles. The van der Waals surface area contributed by atoms with Crippen molar-refractivity contribution in [1.82, 2.24) is 14.1 Å². The van der Waals surface area contributed by atoms with Crippen molar-refractivity contribution in [2.75, 3.05) is 6.61 Å². The van der Waals surface area contributed by atoms with Gasteiger partial charge in [0.1, 0.15) is 4.83 Å². The molecule has 4 rings (SSSR count). The number of aryl methyl sites for hydroxylation is 1. The van der Waals surface area contributed by atoms with Crippen molar-refractivity contribution in [2.45, 2.75) is 20.0 Å². The standard InChI is InChI=1S/C18H17N3O3S/c1-11-10-25-17-15(11)16(23)20(6-7-22)18(24)21(17)9-12-2-3-14-13(8-12)4-5-19-14/h2-5,8,10,19,22H,6-7,9H2,1H3. The number of fused-ring (bicyclic) bond motifs is 2. The minimum absolute atomic E-state index is 0.000259. The van der Waals surface area contributed by atoms with Crippen molar-refractivity contribution in [3.63, 3.8) is 0 Å². The molecule has 0 aliphatic carbocycles. The number of H-pyrrole nitrogens is 1. The van der Waals surface area contributed by atoms with Crippen LogP contribution in [0.2, 0.25) is 0 Å². The molecule has 4 aromatic rings. The number of thiophene rings is 1. The maximum absolute atomic E-state index is 12.8. The van der Waals surface area contributed by atoms with Gasteiger partial charge in [-0.15, -0.1) is 11.3 Å². The van der Waals surface area contributed by atoms with Gasteiger partial charge in [0.2, 0.25) is 0 Å². The van der Waals surface area contributed by atoms with Gasteiger partial charge in [0.25, 0.3) is 5.56 Å². The highest BCUT2D eigenvalue weighted by atomic mass is 32.1. The van der Waals surface area contributed by atoms with E-state index in [-0.39, 0.29) is 24.4 Å². The average molecular weight is 355 g/mol. The highest BCUT2D eigenvalue weighted by Crippen LogP contribution is 2.22. The fourth-order valence-corrected chi connectivity index (χ4v) is 4.21. The van der Waals surface area contributed by atoms with Crippen LogP contribution in [-0.4, -0.2) is 25.8 Å². The third-order valence-electron chi connectivity index (χ3n) is 4.40. The predicted octanol–water partition coefficient (Wildman–Crippen LogP) is 2.06. The maximum Gasteiger partial charge on any atom is 0.332 e. The second-order valence-electron chi connectivity index (χ2n) is 6.05. The molecular formula is C18H17N3O3S. The number of aliphatic hydroxyl groups excluding tert-OH is 1. The molecule has 0 unspecified atom stereocenters. The fourth-order valence-electron chi connectivity index (χ4n) is 3.16. The Hall–Kier alpha value is -2.64. The smallest absolute Gasteiger partial charge is 0.332 e. The van der Waals surface area contributed by atoms with Gasteiger partial charge in [-0.05, 0) is 47.0 Å². The molecule has 0 fully saturated rings. The zero-order valence-electron chi connectivity index (χ0n) is 13.7. The second kappa shape index (κ2) is 6.02. The quantitative estimate of drug-likeness (QED) is 0.588. The van der Waals surface area contributed by atoms with E-state index in [0.717, 1.165) is 26.6 Å². The van der Waals surface area contributed by atoms with E-state index in [4.69, 9.17) is 0 Å². The Kier molecular flexibility index (Phi) is 3.82. The van der Waals surface area contributed by atoms with E-state index in [1.165, 1.54) is 11.3 Å². The predicted molar refractivity (Wildman–Crippen MR) is 99.6 cm³/mol. The third-order valence-corrected chi connectivity index (χ3v) is 5.52. The minimum Gasteiger partial charge on any atom is -0.395 e. The number of nitrogens with one attached hydrogen (secondary N) is 1. The molecule has 3 aromatic heterocycles. The average Bonchev–Trinajstić information content (AvgIpc) is 3.21. The molecular weight excluding hydrogens is 338 g/mol. The highest BCUT2D eigenvalue weighted by Gasteiger charge is 2.16. The van der Waals surface area contributed by atoms with E-state index in [9.17, 15) is 14.7 Å². The largest absolute Gasteiger partial charge is 0.395 e. The summed E-state index contributed by atoms with van der Waals surface area (Å²) in [6.45, 7) is 1.99. The molecule has 0 saturated carbocycles. The van der Waals surface area contributed by atoms with Crippen LogP contribution in [0.15, 0.2) is 45.4 Å². The number of aliphatic hydroxyl groups is 1. The summed E-state index contributed by atoms with van der Waals surface area (Å²) in [5, 5.41) is 12.7. The van der Waals surface area contributed by atoms with E-state index >= 15 is 0 Å². The van der Waals surface area contributed by atoms with Crippen LogP contribution < -0.4 is 11.2 Å². The lowest BCUT2D eigenvalue weighted by Gasteiger charge is -2.12. The van der Waals surface area contributed by atoms with E-state index in [2.05, 4.69) is 4.98 Å². The van der Waals surface area contributed by atoms with Crippen molar-refractivity contribution in [1.29, 1.82) is 0 Å². The van der Waals surface area contributed by atoms with Gasteiger partial charge in [-0.25, -0.2) is 4.79 Å². The molecule has 0 aliphatic heterocycles. The van der Waals surface area contributed by atoms with Crippen molar-refractivity contribution >= 4 is 32.5 Å². The van der Waals surface area contributed by atoms with E-state index < -0.39 is 0 Å². The number of aromatic nitrogens is 3. The van der Waals surface area contributed by atoms with Crippen LogP contribution in [0, 0.1) is 6.92 Å². The van der Waals surface area contributed by atoms with Gasteiger partial charge in [0.05, 0.1) is 25.1 Å². The van der Waals surface area contributed by atoms with E-state index in [1.807, 2.05) is 42.8 Å². The van der Waals surface area contributed by atoms with Gasteiger partial charge in [0.15, 0.2) is 0 Å². The Morgan fingerprint density at radius 1 is 1.20 bits per heavy atom. The normalized spacial score (nSPS) is 11.6. The van der Waals surface area contributed by atoms with Gasteiger partial charge >= 0.3 is 5.69 Å². The summed E-state index contributed by atoms with van der Waals surface area (Å²) >= 11 is 1.40. The first-order chi connectivity index (χ1) is 12.1. The van der Waals surface area contributed by atoms with Crippen LogP contribution in [0.1, 0.15) is 11.1 Å². The first-order valence-electron chi connectivity index (χ1n) is 7.98. The Balaban J connectivity index is 1.93. The highest BCUT2D eigenvalue weighted by molar-refractivity contribution is 7.17. The SMILES string of the molecule is Cc1csc2c1c(=O)n(CCO)c(=O)n2Cc1ccc2[nH]ccc2c1. The molecule has 0 aliphatic rings. The fraction of sp³-hybridized carbons (Fsp3) is 0.222. The summed E-state index contributed by atoms with van der Waals surface area (Å²) in [5.41, 5.74) is 2.16. The number of aromatic amines is 1. The minimum atomic E-state index is -0.387. The maximum atomic E-state index is 12.8. The topological polar surface area (TPSA) is 80.0 Å². The number of hydrogen-bond donors (Lipinski definition) is 2. The first-order valence-corrected chi connectivity index (χ1v) is 8.86. The molecule has 2 N–H and O–H groups in total. The van der Waals surface area contributed by atoms with Crippen LogP contribution >= 0.6 is 11.3 Å². The summed E-state index contributed by atoms with van der Waals surface area (Å²) in [5.74, 6) is 0. The molecule has 25 heavy (non-hydrogen) atoms. The van der Waals surface area contributed by atoms with Crippen LogP contribution in [0.4, 0.5) is 0 Å².